The molecule has 2 heteroatoms. The Morgan fingerprint density at radius 1 is 1.55 bits per heavy atom. The second kappa shape index (κ2) is 5.19. The molecule has 0 aromatic heterocycles. The molecule has 0 saturated carbocycles. The van der Waals surface area contributed by atoms with Crippen LogP contribution in [-0.4, -0.2) is 11.5 Å². The van der Waals surface area contributed by atoms with Gasteiger partial charge in [0.2, 0.25) is 5.84 Å². The van der Waals surface area contributed by atoms with Crippen LogP contribution in [0.4, 0.5) is 0 Å². The Labute approximate surface area is 67.1 Å². The van der Waals surface area contributed by atoms with Crippen molar-refractivity contribution >= 4 is 11.5 Å². The molecule has 0 bridgehead atoms. The van der Waals surface area contributed by atoms with Crippen molar-refractivity contribution in [3.05, 3.63) is 25.4 Å². The molecule has 56 valence electrons. The maximum absolute atomic E-state index is 5.09. The summed E-state index contributed by atoms with van der Waals surface area (Å²) in [6, 6.07) is 0. The predicted molar refractivity (Wildman–Crippen MR) is 49.8 cm³/mol. The van der Waals surface area contributed by atoms with E-state index >= 15 is 0 Å². The van der Waals surface area contributed by atoms with Gasteiger partial charge in [-0.15, -0.1) is 6.42 Å². The van der Waals surface area contributed by atoms with Crippen LogP contribution in [0, 0.1) is 12.3 Å². The summed E-state index contributed by atoms with van der Waals surface area (Å²) in [5.74, 6) is 2.63. The molecule has 0 fully saturated rings. The lowest BCUT2D eigenvalue weighted by atomic mass is 10.4. The molecular formula is C9H10N2. The van der Waals surface area contributed by atoms with Crippen LogP contribution in [0.5, 0.6) is 0 Å². The average molecular weight is 146 g/mol. The molecule has 2 nitrogen and oxygen atoms in total. The highest BCUT2D eigenvalue weighted by molar-refractivity contribution is 6.09. The lowest BCUT2D eigenvalue weighted by Crippen LogP contribution is -1.93. The minimum Gasteiger partial charge on any atom is -0.230 e. The molecule has 0 aromatic carbocycles. The van der Waals surface area contributed by atoms with Crippen molar-refractivity contribution < 1.29 is 0 Å². The molecule has 0 aliphatic rings. The maximum atomic E-state index is 5.09. The molecule has 0 saturated heterocycles. The molecule has 0 N–H and O–H groups in total. The fraction of sp³-hybridized carbons (Fsp3) is 0.111. The third kappa shape index (κ3) is 3.88. The van der Waals surface area contributed by atoms with Gasteiger partial charge in [0.15, 0.2) is 0 Å². The molecule has 0 aliphatic heterocycles. The van der Waals surface area contributed by atoms with Crippen LogP contribution in [0.15, 0.2) is 35.4 Å². The van der Waals surface area contributed by atoms with Gasteiger partial charge in [-0.2, -0.15) is 0 Å². The van der Waals surface area contributed by atoms with Gasteiger partial charge in [0.05, 0.1) is 0 Å². The minimum atomic E-state index is 0.317. The highest BCUT2D eigenvalue weighted by atomic mass is 14.9. The number of terminal acetylenes is 1. The Hall–Kier alpha value is -1.62. The topological polar surface area (TPSA) is 24.7 Å². The Morgan fingerprint density at radius 2 is 2.18 bits per heavy atom. The number of rotatable bonds is 2. The maximum Gasteiger partial charge on any atom is 0.204 e. The third-order valence-corrected chi connectivity index (χ3v) is 0.920. The number of hydrogen-bond acceptors (Lipinski definition) is 1. The molecule has 0 rings (SSSR count). The monoisotopic (exact) mass is 146 g/mol. The van der Waals surface area contributed by atoms with E-state index < -0.39 is 0 Å². The molecule has 0 aromatic rings. The van der Waals surface area contributed by atoms with Crippen molar-refractivity contribution in [2.24, 2.45) is 9.98 Å². The number of allylic oxidation sites excluding steroid dienone is 1. The van der Waals surface area contributed by atoms with Crippen LogP contribution in [0.2, 0.25) is 0 Å². The average Bonchev–Trinajstić information content (AvgIpc) is 2.03. The van der Waals surface area contributed by atoms with Gasteiger partial charge in [-0.05, 0) is 18.9 Å². The molecule has 0 heterocycles. The van der Waals surface area contributed by atoms with Crippen molar-refractivity contribution in [3.8, 4) is 12.3 Å². The van der Waals surface area contributed by atoms with E-state index in [4.69, 9.17) is 6.42 Å². The summed E-state index contributed by atoms with van der Waals surface area (Å²) in [6.45, 7) is 8.73. The summed E-state index contributed by atoms with van der Waals surface area (Å²) >= 11 is 0. The number of hydrogen-bond donors (Lipinski definition) is 0. The Bertz CT molecular complexity index is 251. The van der Waals surface area contributed by atoms with Crippen molar-refractivity contribution in [3.63, 3.8) is 0 Å². The van der Waals surface area contributed by atoms with E-state index in [0.717, 1.165) is 5.71 Å². The first-order chi connectivity index (χ1) is 5.24. The van der Waals surface area contributed by atoms with E-state index in [9.17, 15) is 0 Å². The first-order valence-electron chi connectivity index (χ1n) is 3.07. The standard InChI is InChI=1S/C9H10N2/c1-5-8(4)11-9(6-2)10-7-3/h2,5,7H,1,3H2,4H3/b10-9-,11-8-. The Kier molecular flexibility index (Phi) is 4.42. The lowest BCUT2D eigenvalue weighted by molar-refractivity contribution is 1.52. The molecule has 0 unspecified atom stereocenters. The van der Waals surface area contributed by atoms with Crippen LogP contribution in [0.1, 0.15) is 6.92 Å². The smallest absolute Gasteiger partial charge is 0.204 e. The molecule has 0 spiro atoms. The highest BCUT2D eigenvalue weighted by Crippen LogP contribution is 1.84. The van der Waals surface area contributed by atoms with E-state index in [-0.39, 0.29) is 0 Å². The quantitative estimate of drug-likeness (QED) is 0.322. The summed E-state index contributed by atoms with van der Waals surface area (Å²) in [4.78, 5) is 7.68. The molecule has 11 heavy (non-hydrogen) atoms. The van der Waals surface area contributed by atoms with Gasteiger partial charge in [0.25, 0.3) is 0 Å². The second-order valence-corrected chi connectivity index (χ2v) is 1.74. The van der Waals surface area contributed by atoms with Gasteiger partial charge >= 0.3 is 0 Å². The zero-order valence-corrected chi connectivity index (χ0v) is 6.54. The van der Waals surface area contributed by atoms with Crippen molar-refractivity contribution in [1.82, 2.24) is 0 Å². The number of nitrogens with zero attached hydrogens (tertiary/aromatic N) is 2. The number of amidine groups is 1. The summed E-state index contributed by atoms with van der Waals surface area (Å²) in [7, 11) is 0. The van der Waals surface area contributed by atoms with Crippen molar-refractivity contribution in [2.45, 2.75) is 6.92 Å². The van der Waals surface area contributed by atoms with Gasteiger partial charge in [0, 0.05) is 11.9 Å². The fourth-order valence-electron chi connectivity index (χ4n) is 0.398. The summed E-state index contributed by atoms with van der Waals surface area (Å²) in [6.07, 6.45) is 8.06. The minimum absolute atomic E-state index is 0.317. The zero-order chi connectivity index (χ0) is 8.69. The molecule has 0 amide bonds. The van der Waals surface area contributed by atoms with Crippen LogP contribution < -0.4 is 0 Å². The summed E-state index contributed by atoms with van der Waals surface area (Å²) in [5.41, 5.74) is 0.739. The van der Waals surface area contributed by atoms with E-state index in [1.807, 2.05) is 0 Å². The second-order valence-electron chi connectivity index (χ2n) is 1.74. The lowest BCUT2D eigenvalue weighted by Gasteiger charge is -1.88. The summed E-state index contributed by atoms with van der Waals surface area (Å²) in [5, 5.41) is 0. The van der Waals surface area contributed by atoms with E-state index in [1.165, 1.54) is 6.20 Å². The van der Waals surface area contributed by atoms with Crippen LogP contribution >= 0.6 is 0 Å². The fourth-order valence-corrected chi connectivity index (χ4v) is 0.398. The largest absolute Gasteiger partial charge is 0.230 e. The van der Waals surface area contributed by atoms with Gasteiger partial charge < -0.3 is 0 Å². The molecule has 0 aliphatic carbocycles. The van der Waals surface area contributed by atoms with Gasteiger partial charge in [0.1, 0.15) is 0 Å². The van der Waals surface area contributed by atoms with Gasteiger partial charge in [-0.3, -0.25) is 0 Å². The normalized spacial score (nSPS) is 12.0. The van der Waals surface area contributed by atoms with Gasteiger partial charge in [-0.25, -0.2) is 9.98 Å². The van der Waals surface area contributed by atoms with Crippen LogP contribution in [0.25, 0.3) is 0 Å². The van der Waals surface area contributed by atoms with Crippen LogP contribution in [-0.2, 0) is 0 Å². The molecular weight excluding hydrogens is 136 g/mol. The Balaban J connectivity index is 4.58. The highest BCUT2D eigenvalue weighted by Gasteiger charge is 1.87. The van der Waals surface area contributed by atoms with Crippen molar-refractivity contribution in [1.29, 1.82) is 0 Å². The Morgan fingerprint density at radius 3 is 2.55 bits per heavy atom. The van der Waals surface area contributed by atoms with E-state index in [1.54, 1.807) is 13.0 Å². The molecule has 0 radical (unpaired) electrons. The van der Waals surface area contributed by atoms with Crippen molar-refractivity contribution in [2.75, 3.05) is 0 Å². The first-order valence-corrected chi connectivity index (χ1v) is 3.07. The predicted octanol–water partition coefficient (Wildman–Crippen LogP) is 1.81. The molecule has 0 atom stereocenters. The zero-order valence-electron chi connectivity index (χ0n) is 6.54. The van der Waals surface area contributed by atoms with E-state index in [2.05, 4.69) is 29.1 Å². The third-order valence-electron chi connectivity index (χ3n) is 0.920. The summed E-state index contributed by atoms with van der Waals surface area (Å²) < 4.78 is 0. The van der Waals surface area contributed by atoms with Gasteiger partial charge in [-0.1, -0.05) is 13.2 Å². The first kappa shape index (κ1) is 9.38. The SMILES string of the molecule is C#CC(/N=C(/C)C=C)=N/C=C. The van der Waals surface area contributed by atoms with Crippen LogP contribution in [0.3, 0.4) is 0 Å². The van der Waals surface area contributed by atoms with E-state index in [0.29, 0.717) is 5.84 Å². The number of aliphatic imine (C=N–C) groups is 2.